The number of likely N-dealkylation sites (N-methyl/N-ethyl adjacent to an activating group) is 2. The highest BCUT2D eigenvalue weighted by Gasteiger charge is 2.30. The Morgan fingerprint density at radius 2 is 2.17 bits per heavy atom. The molecular formula is C9H21N3. The summed E-state index contributed by atoms with van der Waals surface area (Å²) < 4.78 is 0. The largest absolute Gasteiger partial charge is 0.323 e. The molecule has 12 heavy (non-hydrogen) atoms. The van der Waals surface area contributed by atoms with Gasteiger partial charge in [0, 0.05) is 18.6 Å². The fourth-order valence-electron chi connectivity index (χ4n) is 2.16. The Morgan fingerprint density at radius 3 is 2.67 bits per heavy atom. The van der Waals surface area contributed by atoms with Gasteiger partial charge in [-0.05, 0) is 40.5 Å². The van der Waals surface area contributed by atoms with Gasteiger partial charge in [-0.1, -0.05) is 0 Å². The molecule has 1 aliphatic heterocycles. The molecule has 0 radical (unpaired) electrons. The Labute approximate surface area is 75.5 Å². The van der Waals surface area contributed by atoms with Crippen molar-refractivity contribution < 1.29 is 0 Å². The minimum atomic E-state index is 0.0243. The highest BCUT2D eigenvalue weighted by atomic mass is 15.2. The summed E-state index contributed by atoms with van der Waals surface area (Å²) >= 11 is 0. The summed E-state index contributed by atoms with van der Waals surface area (Å²) in [6.45, 7) is 3.23. The molecule has 1 heterocycles. The Balaban J connectivity index is 2.45. The second-order valence-electron chi connectivity index (χ2n) is 4.44. The molecule has 72 valence electrons. The molecule has 1 fully saturated rings. The molecular weight excluding hydrogens is 150 g/mol. The van der Waals surface area contributed by atoms with Gasteiger partial charge in [0.25, 0.3) is 0 Å². The highest BCUT2D eigenvalue weighted by molar-refractivity contribution is 4.92. The van der Waals surface area contributed by atoms with Gasteiger partial charge in [0.05, 0.1) is 0 Å². The zero-order valence-corrected chi connectivity index (χ0v) is 8.51. The van der Waals surface area contributed by atoms with Crippen LogP contribution in [0.2, 0.25) is 0 Å². The molecule has 1 aliphatic rings. The van der Waals surface area contributed by atoms with E-state index in [1.54, 1.807) is 0 Å². The first-order chi connectivity index (χ1) is 5.52. The number of rotatable bonds is 2. The first-order valence-corrected chi connectivity index (χ1v) is 4.64. The fourth-order valence-corrected chi connectivity index (χ4v) is 2.16. The van der Waals surface area contributed by atoms with Crippen molar-refractivity contribution in [1.29, 1.82) is 0 Å². The van der Waals surface area contributed by atoms with Crippen molar-refractivity contribution in [3.05, 3.63) is 0 Å². The highest BCUT2D eigenvalue weighted by Crippen LogP contribution is 2.17. The Morgan fingerprint density at radius 1 is 1.50 bits per heavy atom. The lowest BCUT2D eigenvalue weighted by molar-refractivity contribution is 0.147. The van der Waals surface area contributed by atoms with Crippen LogP contribution < -0.4 is 5.73 Å². The van der Waals surface area contributed by atoms with Crippen LogP contribution >= 0.6 is 0 Å². The van der Waals surface area contributed by atoms with Gasteiger partial charge in [0.1, 0.15) is 0 Å². The molecule has 0 aromatic rings. The molecule has 0 amide bonds. The first-order valence-electron chi connectivity index (χ1n) is 4.64. The maximum absolute atomic E-state index is 6.27. The van der Waals surface area contributed by atoms with E-state index in [0.717, 1.165) is 19.5 Å². The van der Waals surface area contributed by atoms with Crippen LogP contribution in [-0.2, 0) is 0 Å². The zero-order valence-electron chi connectivity index (χ0n) is 8.51. The molecule has 3 heteroatoms. The maximum Gasteiger partial charge on any atom is 0.0412 e. The molecule has 1 rings (SSSR count). The number of piperidine rings is 1. The molecule has 1 saturated heterocycles. The lowest BCUT2D eigenvalue weighted by atomic mass is 9.90. The monoisotopic (exact) mass is 171 g/mol. The van der Waals surface area contributed by atoms with E-state index in [2.05, 4.69) is 30.9 Å². The Bertz CT molecular complexity index is 143. The van der Waals surface area contributed by atoms with E-state index in [9.17, 15) is 0 Å². The van der Waals surface area contributed by atoms with E-state index in [1.807, 2.05) is 0 Å². The van der Waals surface area contributed by atoms with Crippen molar-refractivity contribution in [2.24, 2.45) is 5.73 Å². The predicted molar refractivity (Wildman–Crippen MR) is 52.2 cm³/mol. The summed E-state index contributed by atoms with van der Waals surface area (Å²) in [6, 6.07) is 0. The van der Waals surface area contributed by atoms with Gasteiger partial charge in [-0.2, -0.15) is 0 Å². The summed E-state index contributed by atoms with van der Waals surface area (Å²) in [5.74, 6) is 0. The molecule has 1 atom stereocenters. The lowest BCUT2D eigenvalue weighted by Crippen LogP contribution is -2.58. The summed E-state index contributed by atoms with van der Waals surface area (Å²) in [5.41, 5.74) is 6.29. The van der Waals surface area contributed by atoms with E-state index in [4.69, 9.17) is 5.73 Å². The van der Waals surface area contributed by atoms with Gasteiger partial charge >= 0.3 is 0 Å². The van der Waals surface area contributed by atoms with Gasteiger partial charge in [0.2, 0.25) is 0 Å². The SMILES string of the molecule is CN(C)CC1(N)CCCN(C)C1. The second-order valence-corrected chi connectivity index (χ2v) is 4.44. The van der Waals surface area contributed by atoms with E-state index in [-0.39, 0.29) is 5.54 Å². The van der Waals surface area contributed by atoms with E-state index >= 15 is 0 Å². The number of hydrogen-bond donors (Lipinski definition) is 1. The average Bonchev–Trinajstić information content (AvgIpc) is 1.82. The summed E-state index contributed by atoms with van der Waals surface area (Å²) in [7, 11) is 6.32. The Kier molecular flexibility index (Phi) is 3.09. The molecule has 1 unspecified atom stereocenters. The normalized spacial score (nSPS) is 32.8. The molecule has 0 saturated carbocycles. The zero-order chi connectivity index (χ0) is 9.19. The van der Waals surface area contributed by atoms with Crippen molar-refractivity contribution >= 4 is 0 Å². The molecule has 0 aromatic carbocycles. The summed E-state index contributed by atoms with van der Waals surface area (Å²) in [6.07, 6.45) is 2.40. The molecule has 0 spiro atoms. The predicted octanol–water partition coefficient (Wildman–Crippen LogP) is -0.0289. The third kappa shape index (κ3) is 2.73. The first kappa shape index (κ1) is 9.96. The van der Waals surface area contributed by atoms with Gasteiger partial charge in [-0.25, -0.2) is 0 Å². The lowest BCUT2D eigenvalue weighted by Gasteiger charge is -2.40. The van der Waals surface area contributed by atoms with Crippen LogP contribution in [0.15, 0.2) is 0 Å². The van der Waals surface area contributed by atoms with E-state index in [0.29, 0.717) is 0 Å². The summed E-state index contributed by atoms with van der Waals surface area (Å²) in [5, 5.41) is 0. The number of likely N-dealkylation sites (tertiary alicyclic amines) is 1. The van der Waals surface area contributed by atoms with E-state index in [1.165, 1.54) is 13.0 Å². The van der Waals surface area contributed by atoms with Crippen molar-refractivity contribution in [1.82, 2.24) is 9.80 Å². The third-order valence-electron chi connectivity index (χ3n) is 2.43. The number of nitrogens with zero attached hydrogens (tertiary/aromatic N) is 2. The molecule has 0 aromatic heterocycles. The van der Waals surface area contributed by atoms with Gasteiger partial charge in [0.15, 0.2) is 0 Å². The van der Waals surface area contributed by atoms with Crippen LogP contribution in [0.3, 0.4) is 0 Å². The average molecular weight is 171 g/mol. The van der Waals surface area contributed by atoms with E-state index < -0.39 is 0 Å². The Hall–Kier alpha value is -0.120. The van der Waals surface area contributed by atoms with Crippen LogP contribution in [-0.4, -0.2) is 56.1 Å². The third-order valence-corrected chi connectivity index (χ3v) is 2.43. The van der Waals surface area contributed by atoms with Gasteiger partial charge in [-0.15, -0.1) is 0 Å². The van der Waals surface area contributed by atoms with Crippen molar-refractivity contribution in [2.75, 3.05) is 40.8 Å². The van der Waals surface area contributed by atoms with Crippen LogP contribution in [0.25, 0.3) is 0 Å². The smallest absolute Gasteiger partial charge is 0.0412 e. The molecule has 2 N–H and O–H groups in total. The number of hydrogen-bond acceptors (Lipinski definition) is 3. The van der Waals surface area contributed by atoms with Crippen LogP contribution in [0.1, 0.15) is 12.8 Å². The molecule has 0 aliphatic carbocycles. The number of nitrogens with two attached hydrogens (primary N) is 1. The minimum Gasteiger partial charge on any atom is -0.323 e. The quantitative estimate of drug-likeness (QED) is 0.633. The van der Waals surface area contributed by atoms with Crippen molar-refractivity contribution in [3.8, 4) is 0 Å². The maximum atomic E-state index is 6.27. The fraction of sp³-hybridized carbons (Fsp3) is 1.00. The van der Waals surface area contributed by atoms with Gasteiger partial charge in [-0.3, -0.25) is 0 Å². The minimum absolute atomic E-state index is 0.0243. The van der Waals surface area contributed by atoms with Crippen LogP contribution in [0.5, 0.6) is 0 Å². The molecule has 0 bridgehead atoms. The molecule has 3 nitrogen and oxygen atoms in total. The summed E-state index contributed by atoms with van der Waals surface area (Å²) in [4.78, 5) is 4.51. The van der Waals surface area contributed by atoms with Crippen LogP contribution in [0.4, 0.5) is 0 Å². The van der Waals surface area contributed by atoms with Crippen LogP contribution in [0, 0.1) is 0 Å². The topological polar surface area (TPSA) is 32.5 Å². The second kappa shape index (κ2) is 3.73. The van der Waals surface area contributed by atoms with Crippen molar-refractivity contribution in [3.63, 3.8) is 0 Å². The van der Waals surface area contributed by atoms with Crippen molar-refractivity contribution in [2.45, 2.75) is 18.4 Å². The van der Waals surface area contributed by atoms with Gasteiger partial charge < -0.3 is 15.5 Å². The standard InChI is InChI=1S/C9H21N3/c1-11(2)7-9(10)5-4-6-12(3)8-9/h4-8,10H2,1-3H3.